The highest BCUT2D eigenvalue weighted by Crippen LogP contribution is 2.29. The quantitative estimate of drug-likeness (QED) is 0.278. The van der Waals surface area contributed by atoms with E-state index in [1.165, 1.54) is 11.8 Å². The molecule has 0 aliphatic heterocycles. The van der Waals surface area contributed by atoms with Crippen molar-refractivity contribution < 1.29 is 19.0 Å². The SMILES string of the molecule is CCCCc1nc2ccc(Br)cc2c(=O)n1N=Cc1ccc(O[C@H](C)C(=O)OC)c(OCC)c1. The molecule has 0 aliphatic carbocycles. The zero-order chi connectivity index (χ0) is 24.7. The lowest BCUT2D eigenvalue weighted by atomic mass is 10.2. The van der Waals surface area contributed by atoms with E-state index in [1.807, 2.05) is 19.1 Å². The van der Waals surface area contributed by atoms with Crippen LogP contribution in [0.1, 0.15) is 45.0 Å². The summed E-state index contributed by atoms with van der Waals surface area (Å²) in [6.45, 7) is 5.95. The third-order valence-electron chi connectivity index (χ3n) is 5.06. The van der Waals surface area contributed by atoms with Gasteiger partial charge in [-0.1, -0.05) is 29.3 Å². The molecule has 1 aromatic heterocycles. The highest BCUT2D eigenvalue weighted by Gasteiger charge is 2.17. The van der Waals surface area contributed by atoms with E-state index in [9.17, 15) is 9.59 Å². The van der Waals surface area contributed by atoms with Gasteiger partial charge in [0.15, 0.2) is 17.6 Å². The lowest BCUT2D eigenvalue weighted by Crippen LogP contribution is -2.25. The molecule has 0 bridgehead atoms. The van der Waals surface area contributed by atoms with Crippen molar-refractivity contribution >= 4 is 39.0 Å². The van der Waals surface area contributed by atoms with E-state index in [2.05, 4.69) is 32.9 Å². The fraction of sp³-hybridized carbons (Fsp3) is 0.360. The van der Waals surface area contributed by atoms with Crippen LogP contribution < -0.4 is 15.0 Å². The number of hydrogen-bond acceptors (Lipinski definition) is 7. The molecule has 1 atom stereocenters. The molecular weight excluding hydrogens is 502 g/mol. The molecule has 0 N–H and O–H groups in total. The number of ether oxygens (including phenoxy) is 3. The maximum absolute atomic E-state index is 13.2. The Morgan fingerprint density at radius 2 is 2.00 bits per heavy atom. The molecule has 0 saturated carbocycles. The predicted octanol–water partition coefficient (Wildman–Crippen LogP) is 4.72. The first kappa shape index (κ1) is 25.4. The molecule has 0 aliphatic rings. The summed E-state index contributed by atoms with van der Waals surface area (Å²) >= 11 is 3.42. The molecule has 180 valence electrons. The first-order valence-corrected chi connectivity index (χ1v) is 11.9. The van der Waals surface area contributed by atoms with Gasteiger partial charge in [0.25, 0.3) is 5.56 Å². The minimum Gasteiger partial charge on any atom is -0.490 e. The van der Waals surface area contributed by atoms with Crippen molar-refractivity contribution in [3.05, 3.63) is 62.6 Å². The van der Waals surface area contributed by atoms with Gasteiger partial charge in [-0.15, -0.1) is 0 Å². The number of unbranched alkanes of at least 4 members (excludes halogenated alkanes) is 1. The van der Waals surface area contributed by atoms with Gasteiger partial charge in [0, 0.05) is 10.9 Å². The maximum Gasteiger partial charge on any atom is 0.346 e. The molecule has 3 aromatic rings. The molecule has 9 heteroatoms. The molecule has 0 radical (unpaired) electrons. The first-order valence-electron chi connectivity index (χ1n) is 11.1. The van der Waals surface area contributed by atoms with Crippen molar-refractivity contribution in [2.24, 2.45) is 5.10 Å². The molecule has 2 aromatic carbocycles. The van der Waals surface area contributed by atoms with E-state index in [0.29, 0.717) is 46.8 Å². The second-order valence-electron chi connectivity index (χ2n) is 7.58. The van der Waals surface area contributed by atoms with Crippen LogP contribution in [-0.4, -0.2) is 41.7 Å². The van der Waals surface area contributed by atoms with Gasteiger partial charge in [-0.3, -0.25) is 4.79 Å². The summed E-state index contributed by atoms with van der Waals surface area (Å²) in [7, 11) is 1.31. The third kappa shape index (κ3) is 6.02. The number of halogens is 1. The molecule has 0 spiro atoms. The van der Waals surface area contributed by atoms with E-state index in [0.717, 1.165) is 17.3 Å². The standard InChI is InChI=1S/C25H28BrN3O5/c1-5-7-8-23-28-20-11-10-18(26)14-19(20)24(30)29(23)27-15-17-9-12-21(22(13-17)33-6-2)34-16(3)25(31)32-4/h9-16H,5-8H2,1-4H3/t16-/m1/s1. The highest BCUT2D eigenvalue weighted by atomic mass is 79.9. The molecule has 0 unspecified atom stereocenters. The number of carbonyl (C=O) groups is 1. The van der Waals surface area contributed by atoms with Crippen LogP contribution in [0.25, 0.3) is 10.9 Å². The van der Waals surface area contributed by atoms with Gasteiger partial charge in [0.1, 0.15) is 5.82 Å². The molecule has 1 heterocycles. The monoisotopic (exact) mass is 529 g/mol. The largest absolute Gasteiger partial charge is 0.490 e. The average Bonchev–Trinajstić information content (AvgIpc) is 2.83. The molecule has 8 nitrogen and oxygen atoms in total. The van der Waals surface area contributed by atoms with Gasteiger partial charge in [-0.2, -0.15) is 9.78 Å². The molecular formula is C25H28BrN3O5. The number of fused-ring (bicyclic) bond motifs is 1. The van der Waals surface area contributed by atoms with Crippen molar-refractivity contribution in [1.29, 1.82) is 0 Å². The van der Waals surface area contributed by atoms with Gasteiger partial charge in [0.2, 0.25) is 0 Å². The fourth-order valence-corrected chi connectivity index (χ4v) is 3.67. The van der Waals surface area contributed by atoms with Crippen molar-refractivity contribution in [1.82, 2.24) is 9.66 Å². The average molecular weight is 530 g/mol. The second kappa shape index (κ2) is 11.8. The van der Waals surface area contributed by atoms with E-state index >= 15 is 0 Å². The summed E-state index contributed by atoms with van der Waals surface area (Å²) < 4.78 is 18.3. The Hall–Kier alpha value is -3.20. The van der Waals surface area contributed by atoms with Crippen LogP contribution in [0.3, 0.4) is 0 Å². The van der Waals surface area contributed by atoms with E-state index in [4.69, 9.17) is 14.2 Å². The lowest BCUT2D eigenvalue weighted by Gasteiger charge is -2.16. The van der Waals surface area contributed by atoms with Crippen LogP contribution >= 0.6 is 15.9 Å². The zero-order valence-electron chi connectivity index (χ0n) is 19.7. The normalized spacial score (nSPS) is 12.1. The predicted molar refractivity (Wildman–Crippen MR) is 135 cm³/mol. The van der Waals surface area contributed by atoms with Crippen LogP contribution in [0.5, 0.6) is 11.5 Å². The Balaban J connectivity index is 1.99. The number of nitrogens with zero attached hydrogens (tertiary/aromatic N) is 3. The summed E-state index contributed by atoms with van der Waals surface area (Å²) in [5.41, 5.74) is 1.11. The molecule has 3 rings (SSSR count). The van der Waals surface area contributed by atoms with Crippen LogP contribution in [0, 0.1) is 0 Å². The Labute approximate surface area is 206 Å². The molecule has 0 saturated heterocycles. The van der Waals surface area contributed by atoms with E-state index in [1.54, 1.807) is 37.4 Å². The summed E-state index contributed by atoms with van der Waals surface area (Å²) in [4.78, 5) is 29.6. The minimum atomic E-state index is -0.786. The maximum atomic E-state index is 13.2. The van der Waals surface area contributed by atoms with Crippen molar-refractivity contribution in [2.75, 3.05) is 13.7 Å². The highest BCUT2D eigenvalue weighted by molar-refractivity contribution is 9.10. The van der Waals surface area contributed by atoms with E-state index in [-0.39, 0.29) is 5.56 Å². The Bertz CT molecular complexity index is 1260. The van der Waals surface area contributed by atoms with Crippen molar-refractivity contribution in [3.8, 4) is 11.5 Å². The van der Waals surface area contributed by atoms with Crippen molar-refractivity contribution in [3.63, 3.8) is 0 Å². The minimum absolute atomic E-state index is 0.231. The van der Waals surface area contributed by atoms with E-state index < -0.39 is 12.1 Å². The number of hydrogen-bond donors (Lipinski definition) is 0. The van der Waals surface area contributed by atoms with Crippen LogP contribution in [-0.2, 0) is 16.0 Å². The van der Waals surface area contributed by atoms with Gasteiger partial charge >= 0.3 is 5.97 Å². The van der Waals surface area contributed by atoms with Crippen LogP contribution in [0.15, 0.2) is 50.8 Å². The Morgan fingerprint density at radius 1 is 1.21 bits per heavy atom. The summed E-state index contributed by atoms with van der Waals surface area (Å²) in [6.07, 6.45) is 3.30. The number of methoxy groups -OCH3 is 1. The molecule has 34 heavy (non-hydrogen) atoms. The van der Waals surface area contributed by atoms with Gasteiger partial charge in [-0.05, 0) is 62.2 Å². The second-order valence-corrected chi connectivity index (χ2v) is 8.49. The number of esters is 1. The van der Waals surface area contributed by atoms with Gasteiger partial charge < -0.3 is 14.2 Å². The number of rotatable bonds is 10. The smallest absolute Gasteiger partial charge is 0.346 e. The molecule has 0 fully saturated rings. The summed E-state index contributed by atoms with van der Waals surface area (Å²) in [5, 5.41) is 4.96. The summed E-state index contributed by atoms with van der Waals surface area (Å²) in [5.74, 6) is 0.994. The topological polar surface area (TPSA) is 92.0 Å². The van der Waals surface area contributed by atoms with Crippen LogP contribution in [0.4, 0.5) is 0 Å². The third-order valence-corrected chi connectivity index (χ3v) is 5.55. The number of benzene rings is 2. The van der Waals surface area contributed by atoms with Crippen molar-refractivity contribution in [2.45, 2.75) is 46.1 Å². The Kier molecular flexibility index (Phi) is 8.81. The summed E-state index contributed by atoms with van der Waals surface area (Å²) in [6, 6.07) is 10.7. The molecule has 0 amide bonds. The zero-order valence-corrected chi connectivity index (χ0v) is 21.3. The number of aromatic nitrogens is 2. The van der Waals surface area contributed by atoms with Crippen LogP contribution in [0.2, 0.25) is 0 Å². The van der Waals surface area contributed by atoms with Gasteiger partial charge in [-0.25, -0.2) is 9.78 Å². The number of carbonyl (C=O) groups excluding carboxylic acids is 1. The van der Waals surface area contributed by atoms with Gasteiger partial charge in [0.05, 0.1) is 30.8 Å². The first-order chi connectivity index (χ1) is 16.4. The lowest BCUT2D eigenvalue weighted by molar-refractivity contribution is -0.147. The number of aryl methyl sites for hydroxylation is 1. The fourth-order valence-electron chi connectivity index (χ4n) is 3.31. The Morgan fingerprint density at radius 3 is 2.71 bits per heavy atom.